The van der Waals surface area contributed by atoms with Crippen molar-refractivity contribution in [2.24, 2.45) is 5.92 Å². The van der Waals surface area contributed by atoms with Crippen LogP contribution < -0.4 is 5.32 Å². The minimum atomic E-state index is -0.591. The Labute approximate surface area is 119 Å². The molecule has 0 radical (unpaired) electrons. The van der Waals surface area contributed by atoms with Crippen LogP contribution in [-0.4, -0.2) is 17.9 Å². The maximum Gasteiger partial charge on any atom is 0.328 e. The van der Waals surface area contributed by atoms with Gasteiger partial charge in [-0.3, -0.25) is 4.79 Å². The van der Waals surface area contributed by atoms with E-state index in [1.165, 1.54) is 0 Å². The molecule has 1 amide bonds. The molecule has 1 atom stereocenters. The Balaban J connectivity index is 1.75. The summed E-state index contributed by atoms with van der Waals surface area (Å²) >= 11 is 0. The lowest BCUT2D eigenvalue weighted by Crippen LogP contribution is -2.42. The second kappa shape index (κ2) is 7.08. The molecule has 0 bridgehead atoms. The van der Waals surface area contributed by atoms with Crippen LogP contribution in [0, 0.1) is 5.92 Å². The van der Waals surface area contributed by atoms with Crippen molar-refractivity contribution < 1.29 is 14.3 Å². The van der Waals surface area contributed by atoms with E-state index < -0.39 is 6.04 Å². The number of nitrogens with one attached hydrogen (secondary N) is 1. The average molecular weight is 275 g/mol. The van der Waals surface area contributed by atoms with E-state index in [1.807, 2.05) is 30.3 Å². The van der Waals surface area contributed by atoms with Crippen LogP contribution in [0.5, 0.6) is 0 Å². The van der Waals surface area contributed by atoms with Gasteiger partial charge in [-0.2, -0.15) is 0 Å². The van der Waals surface area contributed by atoms with E-state index in [2.05, 4.69) is 5.32 Å². The number of carbonyl (C=O) groups excluding carboxylic acids is 2. The number of hydrogen-bond acceptors (Lipinski definition) is 3. The molecule has 0 heterocycles. The first-order chi connectivity index (χ1) is 9.66. The van der Waals surface area contributed by atoms with Crippen molar-refractivity contribution in [3.63, 3.8) is 0 Å². The van der Waals surface area contributed by atoms with Crippen LogP contribution >= 0.6 is 0 Å². The lowest BCUT2D eigenvalue weighted by molar-refractivity contribution is -0.149. The zero-order valence-electron chi connectivity index (χ0n) is 11.8. The van der Waals surface area contributed by atoms with Gasteiger partial charge in [0.25, 0.3) is 0 Å². The molecular weight excluding hydrogens is 254 g/mol. The van der Waals surface area contributed by atoms with E-state index in [9.17, 15) is 9.59 Å². The highest BCUT2D eigenvalue weighted by molar-refractivity contribution is 5.85. The van der Waals surface area contributed by atoms with Crippen LogP contribution in [0.25, 0.3) is 0 Å². The quantitative estimate of drug-likeness (QED) is 0.840. The first kappa shape index (κ1) is 14.6. The van der Waals surface area contributed by atoms with Gasteiger partial charge >= 0.3 is 5.97 Å². The van der Waals surface area contributed by atoms with Gasteiger partial charge < -0.3 is 10.1 Å². The smallest absolute Gasteiger partial charge is 0.328 e. The van der Waals surface area contributed by atoms with Crippen LogP contribution in [-0.2, 0) is 20.9 Å². The van der Waals surface area contributed by atoms with Crippen molar-refractivity contribution >= 4 is 11.9 Å². The second-order valence-corrected chi connectivity index (χ2v) is 5.30. The summed E-state index contributed by atoms with van der Waals surface area (Å²) in [6.07, 6.45) is 4.06. The molecule has 0 saturated heterocycles. The first-order valence-corrected chi connectivity index (χ1v) is 7.18. The Hall–Kier alpha value is -1.84. The third kappa shape index (κ3) is 4.08. The molecule has 4 nitrogen and oxygen atoms in total. The van der Waals surface area contributed by atoms with E-state index in [0.717, 1.165) is 31.2 Å². The molecule has 2 rings (SSSR count). The fourth-order valence-electron chi connectivity index (χ4n) is 2.43. The van der Waals surface area contributed by atoms with Crippen molar-refractivity contribution in [1.82, 2.24) is 5.32 Å². The van der Waals surface area contributed by atoms with Gasteiger partial charge in [0.2, 0.25) is 5.91 Å². The van der Waals surface area contributed by atoms with E-state index in [-0.39, 0.29) is 24.4 Å². The van der Waals surface area contributed by atoms with E-state index in [1.54, 1.807) is 6.92 Å². The highest BCUT2D eigenvalue weighted by Gasteiger charge is 2.25. The van der Waals surface area contributed by atoms with Crippen LogP contribution in [0.4, 0.5) is 0 Å². The maximum atomic E-state index is 11.9. The van der Waals surface area contributed by atoms with Crippen LogP contribution in [0.1, 0.15) is 38.2 Å². The highest BCUT2D eigenvalue weighted by atomic mass is 16.5. The number of rotatable bonds is 5. The van der Waals surface area contributed by atoms with E-state index >= 15 is 0 Å². The van der Waals surface area contributed by atoms with Gasteiger partial charge in [-0.1, -0.05) is 43.2 Å². The number of carbonyl (C=O) groups is 2. The summed E-state index contributed by atoms with van der Waals surface area (Å²) in [5, 5.41) is 2.74. The molecule has 1 N–H and O–H groups in total. The van der Waals surface area contributed by atoms with E-state index in [4.69, 9.17) is 4.74 Å². The van der Waals surface area contributed by atoms with Crippen LogP contribution in [0.2, 0.25) is 0 Å². The number of amides is 1. The van der Waals surface area contributed by atoms with Gasteiger partial charge in [-0.25, -0.2) is 4.79 Å². The minimum absolute atomic E-state index is 0.0216. The lowest BCUT2D eigenvalue weighted by Gasteiger charge is -2.16. The molecule has 108 valence electrons. The summed E-state index contributed by atoms with van der Waals surface area (Å²) in [6.45, 7) is 1.91. The molecule has 1 saturated carbocycles. The van der Waals surface area contributed by atoms with Crippen molar-refractivity contribution in [2.75, 3.05) is 0 Å². The number of benzene rings is 1. The lowest BCUT2D eigenvalue weighted by atomic mass is 10.1. The Bertz CT molecular complexity index is 452. The monoisotopic (exact) mass is 275 g/mol. The van der Waals surface area contributed by atoms with Crippen LogP contribution in [0.3, 0.4) is 0 Å². The molecule has 1 aromatic carbocycles. The molecule has 1 aromatic rings. The zero-order chi connectivity index (χ0) is 14.4. The van der Waals surface area contributed by atoms with Gasteiger partial charge in [0.05, 0.1) is 0 Å². The van der Waals surface area contributed by atoms with E-state index in [0.29, 0.717) is 0 Å². The van der Waals surface area contributed by atoms with Gasteiger partial charge in [-0.15, -0.1) is 0 Å². The van der Waals surface area contributed by atoms with Crippen molar-refractivity contribution in [2.45, 2.75) is 45.3 Å². The molecule has 0 spiro atoms. The average Bonchev–Trinajstić information content (AvgIpc) is 3.00. The third-order valence-corrected chi connectivity index (χ3v) is 3.66. The molecular formula is C16H21NO3. The molecule has 4 heteroatoms. The third-order valence-electron chi connectivity index (χ3n) is 3.66. The normalized spacial score (nSPS) is 16.6. The summed E-state index contributed by atoms with van der Waals surface area (Å²) in [5.74, 6) is -0.341. The molecule has 0 aliphatic heterocycles. The summed E-state index contributed by atoms with van der Waals surface area (Å²) in [7, 11) is 0. The van der Waals surface area contributed by atoms with Gasteiger partial charge in [0.15, 0.2) is 0 Å². The number of esters is 1. The number of ether oxygens (including phenoxy) is 1. The molecule has 1 fully saturated rings. The summed E-state index contributed by atoms with van der Waals surface area (Å²) in [6, 6.07) is 8.91. The van der Waals surface area contributed by atoms with Crippen molar-refractivity contribution in [3.8, 4) is 0 Å². The Kier molecular flexibility index (Phi) is 5.16. The maximum absolute atomic E-state index is 11.9. The minimum Gasteiger partial charge on any atom is -0.459 e. The number of hydrogen-bond donors (Lipinski definition) is 1. The Morgan fingerprint density at radius 2 is 1.90 bits per heavy atom. The standard InChI is InChI=1S/C16H21NO3/c1-12(17-15(18)14-9-5-6-10-14)16(19)20-11-13-7-3-2-4-8-13/h2-4,7-8,12,14H,5-6,9-11H2,1H3,(H,17,18). The largest absolute Gasteiger partial charge is 0.459 e. The summed E-state index contributed by atoms with van der Waals surface area (Å²) in [5.41, 5.74) is 0.940. The summed E-state index contributed by atoms with van der Waals surface area (Å²) in [4.78, 5) is 23.7. The van der Waals surface area contributed by atoms with Gasteiger partial charge in [0.1, 0.15) is 12.6 Å². The van der Waals surface area contributed by atoms with Crippen molar-refractivity contribution in [3.05, 3.63) is 35.9 Å². The van der Waals surface area contributed by atoms with Gasteiger partial charge in [0, 0.05) is 5.92 Å². The zero-order valence-corrected chi connectivity index (χ0v) is 11.8. The second-order valence-electron chi connectivity index (χ2n) is 5.30. The molecule has 20 heavy (non-hydrogen) atoms. The molecule has 1 unspecified atom stereocenters. The first-order valence-electron chi connectivity index (χ1n) is 7.18. The predicted molar refractivity (Wildman–Crippen MR) is 75.8 cm³/mol. The Morgan fingerprint density at radius 3 is 2.55 bits per heavy atom. The fraction of sp³-hybridized carbons (Fsp3) is 0.500. The fourth-order valence-corrected chi connectivity index (χ4v) is 2.43. The van der Waals surface area contributed by atoms with Crippen LogP contribution in [0.15, 0.2) is 30.3 Å². The predicted octanol–water partition coefficient (Wildman–Crippen LogP) is 2.42. The highest BCUT2D eigenvalue weighted by Crippen LogP contribution is 2.24. The molecule has 1 aliphatic rings. The van der Waals surface area contributed by atoms with Crippen molar-refractivity contribution in [1.29, 1.82) is 0 Å². The van der Waals surface area contributed by atoms with Gasteiger partial charge in [-0.05, 0) is 25.3 Å². The Morgan fingerprint density at radius 1 is 1.25 bits per heavy atom. The topological polar surface area (TPSA) is 55.4 Å². The molecule has 1 aliphatic carbocycles. The SMILES string of the molecule is CC(NC(=O)C1CCCC1)C(=O)OCc1ccccc1. The molecule has 0 aromatic heterocycles. The summed E-state index contributed by atoms with van der Waals surface area (Å²) < 4.78 is 5.20.